The van der Waals surface area contributed by atoms with Crippen LogP contribution in [0.15, 0.2) is 0 Å². The lowest BCUT2D eigenvalue weighted by atomic mass is 9.81. The van der Waals surface area contributed by atoms with Gasteiger partial charge in [-0.05, 0) is 43.2 Å². The van der Waals surface area contributed by atoms with E-state index in [-0.39, 0.29) is 0 Å². The number of rotatable bonds is 2. The predicted octanol–water partition coefficient (Wildman–Crippen LogP) is 2.51. The third-order valence-electron chi connectivity index (χ3n) is 4.83. The zero-order valence-corrected chi connectivity index (χ0v) is 13.3. The van der Waals surface area contributed by atoms with Crippen LogP contribution in [0.4, 0.5) is 0 Å². The van der Waals surface area contributed by atoms with E-state index in [2.05, 4.69) is 37.9 Å². The van der Waals surface area contributed by atoms with Gasteiger partial charge in [0.1, 0.15) is 0 Å². The molecule has 1 N–H and O–H groups in total. The van der Waals surface area contributed by atoms with Crippen molar-refractivity contribution >= 4 is 0 Å². The predicted molar refractivity (Wildman–Crippen MR) is 80.5 cm³/mol. The molecule has 2 rings (SSSR count). The van der Waals surface area contributed by atoms with Gasteiger partial charge >= 0.3 is 0 Å². The van der Waals surface area contributed by atoms with Crippen LogP contribution in [-0.4, -0.2) is 50.3 Å². The Kier molecular flexibility index (Phi) is 4.91. The van der Waals surface area contributed by atoms with Gasteiger partial charge in [0.05, 0.1) is 0 Å². The molecule has 0 aromatic rings. The van der Waals surface area contributed by atoms with Crippen molar-refractivity contribution in [2.24, 2.45) is 10.8 Å². The molecule has 0 spiro atoms. The summed E-state index contributed by atoms with van der Waals surface area (Å²) in [4.78, 5) is 2.70. The first-order valence-electron chi connectivity index (χ1n) is 7.93. The summed E-state index contributed by atoms with van der Waals surface area (Å²) >= 11 is 0. The van der Waals surface area contributed by atoms with E-state index in [9.17, 15) is 0 Å². The third kappa shape index (κ3) is 4.44. The number of hydrogen-bond acceptors (Lipinski definition) is 3. The molecule has 19 heavy (non-hydrogen) atoms. The zero-order valence-electron chi connectivity index (χ0n) is 13.3. The SMILES string of the molecule is CC1(CN2CCCNC(C(C)(C)C)C2)CCOCC1. The summed E-state index contributed by atoms with van der Waals surface area (Å²) < 4.78 is 5.52. The lowest BCUT2D eigenvalue weighted by Gasteiger charge is -2.40. The van der Waals surface area contributed by atoms with Gasteiger partial charge in [-0.3, -0.25) is 0 Å². The fourth-order valence-electron chi connectivity index (χ4n) is 3.28. The molecule has 2 aliphatic heterocycles. The van der Waals surface area contributed by atoms with Crippen LogP contribution in [0, 0.1) is 10.8 Å². The quantitative estimate of drug-likeness (QED) is 0.833. The van der Waals surface area contributed by atoms with E-state index in [1.54, 1.807) is 0 Å². The second-order valence-electron chi connectivity index (χ2n) is 7.88. The molecule has 0 aromatic carbocycles. The Morgan fingerprint density at radius 1 is 1.26 bits per heavy atom. The molecule has 1 unspecified atom stereocenters. The summed E-state index contributed by atoms with van der Waals surface area (Å²) in [5.41, 5.74) is 0.810. The van der Waals surface area contributed by atoms with Crippen LogP contribution in [-0.2, 0) is 4.74 Å². The first kappa shape index (κ1) is 15.3. The maximum absolute atomic E-state index is 5.52. The minimum Gasteiger partial charge on any atom is -0.381 e. The molecular weight excluding hydrogens is 236 g/mol. The highest BCUT2D eigenvalue weighted by Crippen LogP contribution is 2.32. The molecule has 3 heteroatoms. The van der Waals surface area contributed by atoms with Crippen molar-refractivity contribution in [2.45, 2.75) is 53.0 Å². The highest BCUT2D eigenvalue weighted by atomic mass is 16.5. The summed E-state index contributed by atoms with van der Waals surface area (Å²) in [5, 5.41) is 3.73. The Morgan fingerprint density at radius 3 is 2.58 bits per heavy atom. The Morgan fingerprint density at radius 2 is 1.95 bits per heavy atom. The lowest BCUT2D eigenvalue weighted by Crippen LogP contribution is -2.48. The topological polar surface area (TPSA) is 24.5 Å². The molecule has 0 saturated carbocycles. The van der Waals surface area contributed by atoms with Gasteiger partial charge in [0.2, 0.25) is 0 Å². The average Bonchev–Trinajstić information content (AvgIpc) is 2.54. The van der Waals surface area contributed by atoms with E-state index in [0.29, 0.717) is 16.9 Å². The fraction of sp³-hybridized carbons (Fsp3) is 1.00. The molecule has 0 amide bonds. The maximum Gasteiger partial charge on any atom is 0.0471 e. The molecule has 0 aromatic heterocycles. The molecule has 2 saturated heterocycles. The van der Waals surface area contributed by atoms with E-state index in [4.69, 9.17) is 4.74 Å². The first-order valence-corrected chi connectivity index (χ1v) is 7.93. The normalized spacial score (nSPS) is 30.0. The molecule has 0 bridgehead atoms. The smallest absolute Gasteiger partial charge is 0.0471 e. The van der Waals surface area contributed by atoms with Crippen LogP contribution in [0.5, 0.6) is 0 Å². The van der Waals surface area contributed by atoms with Gasteiger partial charge < -0.3 is 15.0 Å². The average molecular weight is 268 g/mol. The monoisotopic (exact) mass is 268 g/mol. The van der Waals surface area contributed by atoms with Crippen molar-refractivity contribution in [1.29, 1.82) is 0 Å². The Balaban J connectivity index is 1.94. The highest BCUT2D eigenvalue weighted by molar-refractivity contribution is 4.89. The van der Waals surface area contributed by atoms with Gasteiger partial charge in [0.25, 0.3) is 0 Å². The molecule has 3 nitrogen and oxygen atoms in total. The second kappa shape index (κ2) is 6.11. The van der Waals surface area contributed by atoms with Crippen LogP contribution in [0.2, 0.25) is 0 Å². The Labute approximate surface area is 119 Å². The van der Waals surface area contributed by atoms with Gasteiger partial charge in [-0.1, -0.05) is 27.7 Å². The van der Waals surface area contributed by atoms with Gasteiger partial charge in [0, 0.05) is 32.3 Å². The molecule has 2 fully saturated rings. The van der Waals surface area contributed by atoms with E-state index >= 15 is 0 Å². The highest BCUT2D eigenvalue weighted by Gasteiger charge is 2.33. The van der Waals surface area contributed by atoms with E-state index in [1.807, 2.05) is 0 Å². The number of hydrogen-bond donors (Lipinski definition) is 1. The van der Waals surface area contributed by atoms with Crippen LogP contribution < -0.4 is 5.32 Å². The molecule has 2 aliphatic rings. The van der Waals surface area contributed by atoms with Crippen LogP contribution >= 0.6 is 0 Å². The van der Waals surface area contributed by atoms with Crippen molar-refractivity contribution in [3.8, 4) is 0 Å². The number of nitrogens with one attached hydrogen (secondary N) is 1. The van der Waals surface area contributed by atoms with Crippen molar-refractivity contribution in [2.75, 3.05) is 39.4 Å². The summed E-state index contributed by atoms with van der Waals surface area (Å²) in [7, 11) is 0. The van der Waals surface area contributed by atoms with Crippen molar-refractivity contribution in [3.05, 3.63) is 0 Å². The summed E-state index contributed by atoms with van der Waals surface area (Å²) in [5.74, 6) is 0. The van der Waals surface area contributed by atoms with Crippen molar-refractivity contribution < 1.29 is 4.74 Å². The van der Waals surface area contributed by atoms with Gasteiger partial charge in [-0.15, -0.1) is 0 Å². The molecule has 2 heterocycles. The van der Waals surface area contributed by atoms with Crippen molar-refractivity contribution in [1.82, 2.24) is 10.2 Å². The summed E-state index contributed by atoms with van der Waals surface area (Å²) in [6, 6.07) is 0.610. The van der Waals surface area contributed by atoms with E-state index in [1.165, 1.54) is 38.9 Å². The van der Waals surface area contributed by atoms with Crippen LogP contribution in [0.25, 0.3) is 0 Å². The van der Waals surface area contributed by atoms with Crippen molar-refractivity contribution in [3.63, 3.8) is 0 Å². The number of nitrogens with zero attached hydrogens (tertiary/aromatic N) is 1. The number of ether oxygens (including phenoxy) is 1. The van der Waals surface area contributed by atoms with Gasteiger partial charge in [-0.2, -0.15) is 0 Å². The Hall–Kier alpha value is -0.120. The standard InChI is InChI=1S/C16H32N2O/c1-15(2,3)14-12-18(9-5-8-17-14)13-16(4)6-10-19-11-7-16/h14,17H,5-13H2,1-4H3. The minimum atomic E-state index is 0.346. The summed E-state index contributed by atoms with van der Waals surface area (Å²) in [6.07, 6.45) is 3.72. The summed E-state index contributed by atoms with van der Waals surface area (Å²) in [6.45, 7) is 16.2. The van der Waals surface area contributed by atoms with Crippen LogP contribution in [0.1, 0.15) is 47.0 Å². The van der Waals surface area contributed by atoms with E-state index in [0.717, 1.165) is 19.8 Å². The second-order valence-corrected chi connectivity index (χ2v) is 7.88. The fourth-order valence-corrected chi connectivity index (χ4v) is 3.28. The van der Waals surface area contributed by atoms with Gasteiger partial charge in [0.15, 0.2) is 0 Å². The Bertz CT molecular complexity index is 279. The lowest BCUT2D eigenvalue weighted by molar-refractivity contribution is 0.00316. The molecular formula is C16H32N2O. The largest absolute Gasteiger partial charge is 0.381 e. The van der Waals surface area contributed by atoms with E-state index < -0.39 is 0 Å². The maximum atomic E-state index is 5.52. The minimum absolute atomic E-state index is 0.346. The molecule has 0 aliphatic carbocycles. The zero-order chi connectivity index (χ0) is 13.9. The third-order valence-corrected chi connectivity index (χ3v) is 4.83. The molecule has 0 radical (unpaired) electrons. The van der Waals surface area contributed by atoms with Gasteiger partial charge in [-0.25, -0.2) is 0 Å². The molecule has 112 valence electrons. The molecule has 1 atom stereocenters. The van der Waals surface area contributed by atoms with Crippen LogP contribution in [0.3, 0.4) is 0 Å². The first-order chi connectivity index (χ1) is 8.89.